The van der Waals surface area contributed by atoms with Crippen molar-refractivity contribution in [2.24, 2.45) is 0 Å². The molecule has 4 aliphatic carbocycles. The summed E-state index contributed by atoms with van der Waals surface area (Å²) in [5.74, 6) is 0. The molecule has 1 fully saturated rings. The molecule has 0 unspecified atom stereocenters. The SMILES string of the molecule is CN1[C@H](c2ccccc2)C23c4c5c6c7c8c9c(c%10c%11c2c2c4c4c%12c5c5c6c6c8c8c%13c9c9c%10c%10c%11c%11c2c2c4c4c%12c%12c5c5c6c8c6c8c%13c9c9c%10c%10c%11c2c2c4c4c%12c5c6c5c8c9c%10c2c45)C73[C@H]1c1ccccc1. The molecule has 2 atom stereocenters. The summed E-state index contributed by atoms with van der Waals surface area (Å²) in [5.41, 5.74) is 9.16. The van der Waals surface area contributed by atoms with E-state index in [1.165, 1.54) is 11.1 Å². The number of hydrogen-bond acceptors (Lipinski definition) is 1. The van der Waals surface area contributed by atoms with Crippen molar-refractivity contribution in [1.29, 1.82) is 0 Å². The first-order chi connectivity index (χ1) is 37.9. The molecule has 320 valence electrons. The van der Waals surface area contributed by atoms with E-state index in [-0.39, 0.29) is 12.1 Å². The lowest BCUT2D eigenvalue weighted by atomic mass is 9.45. The van der Waals surface area contributed by atoms with E-state index in [0.29, 0.717) is 0 Å². The summed E-state index contributed by atoms with van der Waals surface area (Å²) in [6, 6.07) is 24.6. The molecule has 30 aromatic rings. The average Bonchev–Trinajstić information content (AvgIpc) is 2.81. The molecule has 1 nitrogen and oxygen atoms in total. The maximum atomic E-state index is 3.02. The topological polar surface area (TPSA) is 3.24 Å². The van der Waals surface area contributed by atoms with E-state index < -0.39 is 10.8 Å². The lowest BCUT2D eigenvalue weighted by Crippen LogP contribution is -2.52. The summed E-state index contributed by atoms with van der Waals surface area (Å²) in [7, 11) is 2.61. The zero-order chi connectivity index (χ0) is 45.4. The van der Waals surface area contributed by atoms with E-state index in [4.69, 9.17) is 0 Å². The van der Waals surface area contributed by atoms with Gasteiger partial charge in [0.15, 0.2) is 0 Å². The standard InChI is InChI=1S/C75H15N/c1-76-72(12-8-4-2-5-9-12)74-68-60-52-42-32-24-16-14-15-18-22-20(16)28-36-30(22)40-34-26(18)27-19(15)23-21-17(14)25(24)33-39-29(21)37-31(23)41-35(27)45-44(34)54-48(40)58-50(36)56(46(52)38(28)32)64(68)66(58)70-62(54)63-55(45)49(41)59-51(37)57-47(39)53(43(33)42)61(60)69(74)65(57)67(59)71(63)75(70,74)73(76)13-10-6-3-7-11-13/h2-11,72-73H,1H3/t72-,73-,74?,75?/m1/s1. The second kappa shape index (κ2) is 6.80. The highest BCUT2D eigenvalue weighted by Gasteiger charge is 2.79. The molecule has 1 heterocycles. The minimum Gasteiger partial charge on any atom is -0.290 e. The van der Waals surface area contributed by atoms with E-state index in [1.807, 2.05) is 0 Å². The van der Waals surface area contributed by atoms with Crippen molar-refractivity contribution < 1.29 is 0 Å². The van der Waals surface area contributed by atoms with Crippen LogP contribution in [0.15, 0.2) is 60.7 Å². The number of likely N-dealkylation sites (tertiary alicyclic amines) is 1. The summed E-state index contributed by atoms with van der Waals surface area (Å²) in [6.07, 6.45) is 0. The van der Waals surface area contributed by atoms with Gasteiger partial charge < -0.3 is 0 Å². The van der Waals surface area contributed by atoms with Gasteiger partial charge in [-0.05, 0) is 331 Å². The van der Waals surface area contributed by atoms with Gasteiger partial charge in [-0.3, -0.25) is 4.90 Å². The monoisotopic (exact) mass is 929 g/mol. The lowest BCUT2D eigenvalue weighted by Gasteiger charge is -2.53. The van der Waals surface area contributed by atoms with Crippen LogP contribution in [0.3, 0.4) is 0 Å². The molecule has 0 N–H and O–H groups in total. The van der Waals surface area contributed by atoms with E-state index >= 15 is 0 Å². The molecule has 0 saturated carbocycles. The molecule has 0 aromatic heterocycles. The molecule has 1 aliphatic heterocycles. The van der Waals surface area contributed by atoms with E-state index in [9.17, 15) is 0 Å². The third-order valence-corrected chi connectivity index (χ3v) is 27.3. The van der Waals surface area contributed by atoms with Gasteiger partial charge in [-0.1, -0.05) is 60.7 Å². The fourth-order valence-electron chi connectivity index (χ4n) is 27.3. The van der Waals surface area contributed by atoms with Crippen LogP contribution < -0.4 is 0 Å². The maximum Gasteiger partial charge on any atom is 0.0581 e. The highest BCUT2D eigenvalue weighted by molar-refractivity contribution is 6.82. The molecule has 2 spiro atoms. The highest BCUT2D eigenvalue weighted by atomic mass is 15.2. The summed E-state index contributed by atoms with van der Waals surface area (Å²) < 4.78 is 0. The Hall–Kier alpha value is -9.14. The Bertz CT molecular complexity index is 7140. The van der Waals surface area contributed by atoms with E-state index in [1.54, 1.807) is 313 Å². The van der Waals surface area contributed by atoms with Crippen LogP contribution in [-0.2, 0) is 10.8 Å². The summed E-state index contributed by atoms with van der Waals surface area (Å²) in [6.45, 7) is 0. The number of nitrogens with zero attached hydrogens (tertiary/aromatic N) is 1. The van der Waals surface area contributed by atoms with Crippen LogP contribution in [0.5, 0.6) is 0 Å². The van der Waals surface area contributed by atoms with E-state index in [2.05, 4.69) is 72.6 Å². The molecular formula is C75H15N. The minimum atomic E-state index is -0.408. The Labute approximate surface area is 417 Å². The fourth-order valence-corrected chi connectivity index (χ4v) is 27.3. The van der Waals surface area contributed by atoms with Crippen LogP contribution in [-0.4, -0.2) is 11.9 Å². The second-order valence-electron chi connectivity index (χ2n) is 27.7. The predicted molar refractivity (Wildman–Crippen MR) is 320 cm³/mol. The average molecular weight is 930 g/mol. The smallest absolute Gasteiger partial charge is 0.0581 e. The van der Waals surface area contributed by atoms with Crippen molar-refractivity contribution >= 4 is 291 Å². The van der Waals surface area contributed by atoms with Crippen LogP contribution in [0.1, 0.15) is 45.5 Å². The Morgan fingerprint density at radius 2 is 0.329 bits per heavy atom. The normalized spacial score (nSPS) is 23.9. The molecule has 30 aromatic carbocycles. The van der Waals surface area contributed by atoms with Gasteiger partial charge in [0, 0.05) is 0 Å². The molecule has 1 saturated heterocycles. The number of rotatable bonds is 2. The molecular weight excluding hydrogens is 915 g/mol. The Morgan fingerprint density at radius 3 is 0.474 bits per heavy atom. The number of likely N-dealkylation sites (N-methyl/N-ethyl adjacent to an activating group) is 1. The fraction of sp³-hybridized carbons (Fsp3) is 0.0667. The van der Waals surface area contributed by atoms with Crippen molar-refractivity contribution in [2.45, 2.75) is 22.9 Å². The quantitative estimate of drug-likeness (QED) is 0.156. The maximum absolute atomic E-state index is 3.02. The minimum absolute atomic E-state index is 0.0923. The third-order valence-electron chi connectivity index (χ3n) is 27.3. The van der Waals surface area contributed by atoms with Crippen molar-refractivity contribution in [2.75, 3.05) is 7.05 Å². The van der Waals surface area contributed by atoms with Crippen LogP contribution in [0, 0.1) is 0 Å². The zero-order valence-electron chi connectivity index (χ0n) is 39.4. The van der Waals surface area contributed by atoms with Crippen LogP contribution >= 0.6 is 0 Å². The van der Waals surface area contributed by atoms with Crippen LogP contribution in [0.4, 0.5) is 0 Å². The van der Waals surface area contributed by atoms with Crippen molar-refractivity contribution in [3.63, 3.8) is 0 Å². The Kier molecular flexibility index (Phi) is 2.60. The predicted octanol–water partition coefficient (Wildman–Crippen LogP) is 19.7. The molecule has 0 bridgehead atoms. The van der Waals surface area contributed by atoms with E-state index in [0.717, 1.165) is 0 Å². The number of hydrogen-bond donors (Lipinski definition) is 0. The molecule has 1 heteroatoms. The molecule has 35 rings (SSSR count). The highest BCUT2D eigenvalue weighted by Crippen LogP contribution is 2.89. The van der Waals surface area contributed by atoms with Crippen molar-refractivity contribution in [1.82, 2.24) is 4.90 Å². The Balaban J connectivity index is 1.13. The first-order valence-electron chi connectivity index (χ1n) is 28.4. The van der Waals surface area contributed by atoms with Gasteiger partial charge in [-0.15, -0.1) is 0 Å². The molecule has 5 aliphatic rings. The van der Waals surface area contributed by atoms with Gasteiger partial charge in [-0.2, -0.15) is 0 Å². The van der Waals surface area contributed by atoms with Gasteiger partial charge in [0.1, 0.15) is 0 Å². The van der Waals surface area contributed by atoms with Gasteiger partial charge >= 0.3 is 0 Å². The third kappa shape index (κ3) is 1.59. The van der Waals surface area contributed by atoms with Gasteiger partial charge in [0.2, 0.25) is 0 Å². The lowest BCUT2D eigenvalue weighted by molar-refractivity contribution is 0.222. The van der Waals surface area contributed by atoms with Crippen LogP contribution in [0.25, 0.3) is 291 Å². The largest absolute Gasteiger partial charge is 0.290 e. The zero-order valence-corrected chi connectivity index (χ0v) is 39.4. The van der Waals surface area contributed by atoms with Gasteiger partial charge in [0.25, 0.3) is 0 Å². The van der Waals surface area contributed by atoms with Crippen molar-refractivity contribution in [3.05, 3.63) is 94.0 Å². The first kappa shape index (κ1) is 29.1. The van der Waals surface area contributed by atoms with Gasteiger partial charge in [0.05, 0.1) is 22.9 Å². The first-order valence-corrected chi connectivity index (χ1v) is 28.4. The second-order valence-corrected chi connectivity index (χ2v) is 27.7. The molecule has 0 amide bonds. The van der Waals surface area contributed by atoms with Crippen LogP contribution in [0.2, 0.25) is 0 Å². The molecule has 0 radical (unpaired) electrons. The van der Waals surface area contributed by atoms with Crippen molar-refractivity contribution in [3.8, 4) is 0 Å². The Morgan fingerprint density at radius 1 is 0.197 bits per heavy atom. The summed E-state index contributed by atoms with van der Waals surface area (Å²) in [4.78, 5) is 3.02. The number of benzene rings is 20. The van der Waals surface area contributed by atoms with Gasteiger partial charge in [-0.25, -0.2) is 0 Å². The molecule has 76 heavy (non-hydrogen) atoms. The summed E-state index contributed by atoms with van der Waals surface area (Å²) in [5, 5.41) is 89.8. The summed E-state index contributed by atoms with van der Waals surface area (Å²) >= 11 is 0.